The molecule has 36 heavy (non-hydrogen) atoms. The third-order valence-corrected chi connectivity index (χ3v) is 7.51. The first-order valence-electron chi connectivity index (χ1n) is 12.5. The largest absolute Gasteiger partial charge is 0.497 e. The molecule has 2 aliphatic heterocycles. The number of hydrogen-bond acceptors (Lipinski definition) is 8. The molecular weight excluding hydrogens is 458 g/mol. The van der Waals surface area contributed by atoms with Gasteiger partial charge in [0.25, 0.3) is 5.91 Å². The van der Waals surface area contributed by atoms with E-state index in [0.717, 1.165) is 31.7 Å². The zero-order chi connectivity index (χ0) is 25.6. The lowest BCUT2D eigenvalue weighted by Crippen LogP contribution is -2.61. The molecule has 3 aliphatic rings. The Morgan fingerprint density at radius 3 is 2.61 bits per heavy atom. The Balaban J connectivity index is 1.49. The predicted molar refractivity (Wildman–Crippen MR) is 138 cm³/mol. The van der Waals surface area contributed by atoms with E-state index in [-0.39, 0.29) is 17.9 Å². The molecule has 0 radical (unpaired) electrons. The summed E-state index contributed by atoms with van der Waals surface area (Å²) in [6, 6.07) is 7.46. The summed E-state index contributed by atoms with van der Waals surface area (Å²) >= 11 is 0. The van der Waals surface area contributed by atoms with Crippen molar-refractivity contribution in [1.82, 2.24) is 19.9 Å². The van der Waals surface area contributed by atoms with Crippen LogP contribution < -0.4 is 20.0 Å². The van der Waals surface area contributed by atoms with Crippen molar-refractivity contribution in [3.05, 3.63) is 36.0 Å². The van der Waals surface area contributed by atoms with Crippen LogP contribution in [0.5, 0.6) is 5.75 Å². The van der Waals surface area contributed by atoms with E-state index in [1.807, 2.05) is 27.0 Å². The van der Waals surface area contributed by atoms with E-state index in [1.165, 1.54) is 6.42 Å². The van der Waals surface area contributed by atoms with Gasteiger partial charge in [-0.15, -0.1) is 0 Å². The number of hydrogen-bond donors (Lipinski definition) is 1. The third kappa shape index (κ3) is 4.34. The molecule has 10 nitrogen and oxygen atoms in total. The highest BCUT2D eigenvalue weighted by atomic mass is 16.5. The molecule has 2 amide bonds. The van der Waals surface area contributed by atoms with Crippen molar-refractivity contribution in [2.45, 2.75) is 45.2 Å². The molecule has 0 unspecified atom stereocenters. The number of carbonyl (C=O) groups excluding carboxylic acids is 2. The summed E-state index contributed by atoms with van der Waals surface area (Å²) in [7, 11) is 5.39. The average Bonchev–Trinajstić information content (AvgIpc) is 2.88. The molecule has 1 N–H and O–H groups in total. The Bertz CT molecular complexity index is 1160. The van der Waals surface area contributed by atoms with Crippen molar-refractivity contribution in [3.63, 3.8) is 0 Å². The van der Waals surface area contributed by atoms with E-state index in [1.54, 1.807) is 48.5 Å². The molecule has 1 aromatic carbocycles. The summed E-state index contributed by atoms with van der Waals surface area (Å²) in [6.07, 6.45) is 5.02. The second kappa shape index (κ2) is 9.24. The number of anilines is 3. The average molecular weight is 494 g/mol. The summed E-state index contributed by atoms with van der Waals surface area (Å²) in [4.78, 5) is 42.3. The molecule has 2 fully saturated rings. The first-order chi connectivity index (χ1) is 17.2. The lowest BCUT2D eigenvalue weighted by atomic mass is 9.87. The van der Waals surface area contributed by atoms with Gasteiger partial charge in [0.2, 0.25) is 11.9 Å². The summed E-state index contributed by atoms with van der Waals surface area (Å²) < 4.78 is 5.32. The Kier molecular flexibility index (Phi) is 6.23. The third-order valence-electron chi connectivity index (χ3n) is 7.51. The van der Waals surface area contributed by atoms with E-state index in [4.69, 9.17) is 9.72 Å². The predicted octanol–water partition coefficient (Wildman–Crippen LogP) is 2.63. The minimum atomic E-state index is -0.552. The molecule has 0 atom stereocenters. The summed E-state index contributed by atoms with van der Waals surface area (Å²) in [5, 5.41) is 1.62. The SMILES string of the molecule is COc1cccc(C(=O)N(Nc2ncc3c(n2)N(C2CCC2)CC(C)(C)C(=O)N3C)C2CN(C)C2)c1. The standard InChI is InChI=1S/C26H35N7O3/c1-26(2)16-32(18-9-7-10-18)22-21(31(4)24(26)35)13-27-25(28-22)29-33(19-14-30(3)15-19)23(34)17-8-6-11-20(12-17)36-5/h6,8,11-13,18-19H,7,9-10,14-16H2,1-5H3,(H,27,28,29). The number of ether oxygens (including phenoxy) is 1. The van der Waals surface area contributed by atoms with E-state index < -0.39 is 5.41 Å². The number of hydrazine groups is 1. The summed E-state index contributed by atoms with van der Waals surface area (Å²) in [6.45, 7) is 6.04. The normalized spacial score (nSPS) is 20.2. The van der Waals surface area contributed by atoms with Gasteiger partial charge in [-0.05, 0) is 58.4 Å². The molecular formula is C26H35N7O3. The summed E-state index contributed by atoms with van der Waals surface area (Å²) in [5.41, 5.74) is 3.88. The minimum absolute atomic E-state index is 0.0259. The van der Waals surface area contributed by atoms with Gasteiger partial charge < -0.3 is 19.4 Å². The number of benzene rings is 1. The van der Waals surface area contributed by atoms with Gasteiger partial charge in [0, 0.05) is 38.3 Å². The van der Waals surface area contributed by atoms with Crippen molar-refractivity contribution in [1.29, 1.82) is 0 Å². The maximum atomic E-state index is 13.6. The topological polar surface area (TPSA) is 94.1 Å². The smallest absolute Gasteiger partial charge is 0.272 e. The van der Waals surface area contributed by atoms with Gasteiger partial charge in [-0.2, -0.15) is 4.98 Å². The lowest BCUT2D eigenvalue weighted by Gasteiger charge is -2.43. The second-order valence-corrected chi connectivity index (χ2v) is 10.8. The van der Waals surface area contributed by atoms with Crippen molar-refractivity contribution in [2.24, 2.45) is 5.41 Å². The summed E-state index contributed by atoms with van der Waals surface area (Å²) in [5.74, 6) is 1.57. The van der Waals surface area contributed by atoms with Gasteiger partial charge in [-0.25, -0.2) is 9.99 Å². The van der Waals surface area contributed by atoms with Crippen LogP contribution in [0.4, 0.5) is 17.5 Å². The molecule has 5 rings (SSSR count). The number of nitrogens with one attached hydrogen (secondary N) is 1. The lowest BCUT2D eigenvalue weighted by molar-refractivity contribution is -0.125. The van der Waals surface area contributed by atoms with Gasteiger partial charge in [0.05, 0.1) is 24.8 Å². The molecule has 2 aromatic rings. The number of carbonyl (C=O) groups is 2. The van der Waals surface area contributed by atoms with Gasteiger partial charge in [0.15, 0.2) is 5.82 Å². The molecule has 10 heteroatoms. The molecule has 1 aromatic heterocycles. The van der Waals surface area contributed by atoms with Crippen molar-refractivity contribution < 1.29 is 14.3 Å². The van der Waals surface area contributed by atoms with Crippen LogP contribution in [0, 0.1) is 5.41 Å². The monoisotopic (exact) mass is 493 g/mol. The van der Waals surface area contributed by atoms with Crippen LogP contribution in [-0.2, 0) is 4.79 Å². The minimum Gasteiger partial charge on any atom is -0.497 e. The highest BCUT2D eigenvalue weighted by molar-refractivity contribution is 6.01. The van der Waals surface area contributed by atoms with Crippen LogP contribution in [0.25, 0.3) is 0 Å². The number of methoxy groups -OCH3 is 1. The fourth-order valence-electron chi connectivity index (χ4n) is 5.14. The first kappa shape index (κ1) is 24.3. The van der Waals surface area contributed by atoms with Crippen LogP contribution in [0.15, 0.2) is 30.5 Å². The van der Waals surface area contributed by atoms with Crippen LogP contribution >= 0.6 is 0 Å². The van der Waals surface area contributed by atoms with Crippen LogP contribution in [-0.4, -0.2) is 84.6 Å². The van der Waals surface area contributed by atoms with Crippen LogP contribution in [0.1, 0.15) is 43.5 Å². The maximum absolute atomic E-state index is 13.6. The highest BCUT2D eigenvalue weighted by Crippen LogP contribution is 2.40. The van der Waals surface area contributed by atoms with Gasteiger partial charge in [-0.3, -0.25) is 15.0 Å². The molecule has 1 saturated heterocycles. The van der Waals surface area contributed by atoms with Crippen molar-refractivity contribution in [2.75, 3.05) is 56.1 Å². The number of rotatable bonds is 6. The molecule has 1 saturated carbocycles. The molecule has 192 valence electrons. The van der Waals surface area contributed by atoms with Gasteiger partial charge in [-0.1, -0.05) is 6.07 Å². The maximum Gasteiger partial charge on any atom is 0.272 e. The number of fused-ring (bicyclic) bond motifs is 1. The van der Waals surface area contributed by atoms with Crippen molar-refractivity contribution >= 4 is 29.3 Å². The number of nitrogens with zero attached hydrogens (tertiary/aromatic N) is 6. The van der Waals surface area contributed by atoms with E-state index in [0.29, 0.717) is 35.5 Å². The molecule has 0 spiro atoms. The van der Waals surface area contributed by atoms with E-state index in [2.05, 4.69) is 20.2 Å². The second-order valence-electron chi connectivity index (χ2n) is 10.8. The Morgan fingerprint density at radius 1 is 1.22 bits per heavy atom. The quantitative estimate of drug-likeness (QED) is 0.614. The number of aromatic nitrogens is 2. The fourth-order valence-corrected chi connectivity index (χ4v) is 5.14. The zero-order valence-electron chi connectivity index (χ0n) is 21.7. The highest BCUT2D eigenvalue weighted by Gasteiger charge is 2.42. The number of likely N-dealkylation sites (N-methyl/N-ethyl adjacent to an activating group) is 1. The van der Waals surface area contributed by atoms with Gasteiger partial charge in [0.1, 0.15) is 11.4 Å². The fraction of sp³-hybridized carbons (Fsp3) is 0.538. The molecule has 1 aliphatic carbocycles. The number of amides is 2. The van der Waals surface area contributed by atoms with Gasteiger partial charge >= 0.3 is 0 Å². The molecule has 0 bridgehead atoms. The molecule has 3 heterocycles. The Labute approximate surface area is 212 Å². The van der Waals surface area contributed by atoms with Crippen LogP contribution in [0.3, 0.4) is 0 Å². The first-order valence-corrected chi connectivity index (χ1v) is 12.5. The number of likely N-dealkylation sites (tertiary alicyclic amines) is 1. The Morgan fingerprint density at radius 2 is 1.97 bits per heavy atom. The zero-order valence-corrected chi connectivity index (χ0v) is 21.7. The van der Waals surface area contributed by atoms with E-state index >= 15 is 0 Å². The van der Waals surface area contributed by atoms with Crippen molar-refractivity contribution in [3.8, 4) is 5.75 Å². The Hall–Kier alpha value is -3.40. The van der Waals surface area contributed by atoms with E-state index in [9.17, 15) is 9.59 Å². The van der Waals surface area contributed by atoms with Crippen LogP contribution in [0.2, 0.25) is 0 Å².